The zero-order valence-electron chi connectivity index (χ0n) is 11.5. The number of aliphatic hydroxyl groups is 2. The molecule has 1 aliphatic rings. The van der Waals surface area contributed by atoms with Gasteiger partial charge in [0.05, 0.1) is 12.7 Å². The molecule has 1 amide bonds. The van der Waals surface area contributed by atoms with Gasteiger partial charge in [-0.1, -0.05) is 0 Å². The van der Waals surface area contributed by atoms with E-state index in [2.05, 4.69) is 5.32 Å². The molecule has 0 spiro atoms. The van der Waals surface area contributed by atoms with Crippen LogP contribution in [0.2, 0.25) is 0 Å². The van der Waals surface area contributed by atoms with Crippen molar-refractivity contribution in [3.63, 3.8) is 0 Å². The maximum absolute atomic E-state index is 11.6. The molecule has 1 aliphatic carbocycles. The van der Waals surface area contributed by atoms with Crippen LogP contribution >= 0.6 is 0 Å². The average molecular weight is 259 g/mol. The molecule has 106 valence electrons. The van der Waals surface area contributed by atoms with Gasteiger partial charge in [-0.15, -0.1) is 0 Å². The molecule has 0 bridgehead atoms. The lowest BCUT2D eigenvalue weighted by molar-refractivity contribution is 0.0251. The van der Waals surface area contributed by atoms with E-state index in [1.807, 2.05) is 20.8 Å². The fraction of sp³-hybridized carbons (Fsp3) is 0.923. The summed E-state index contributed by atoms with van der Waals surface area (Å²) < 4.78 is 5.20. The Morgan fingerprint density at radius 3 is 2.33 bits per heavy atom. The third kappa shape index (κ3) is 5.23. The Labute approximate surface area is 109 Å². The van der Waals surface area contributed by atoms with Gasteiger partial charge in [-0.25, -0.2) is 4.79 Å². The number of ether oxygens (including phenoxy) is 1. The molecule has 3 N–H and O–H groups in total. The van der Waals surface area contributed by atoms with Gasteiger partial charge in [-0.2, -0.15) is 0 Å². The molecule has 0 aromatic rings. The molecule has 0 saturated heterocycles. The molecule has 0 aromatic carbocycles. The number of carbonyl (C=O) groups is 1. The van der Waals surface area contributed by atoms with E-state index in [1.165, 1.54) is 0 Å². The maximum atomic E-state index is 11.6. The van der Waals surface area contributed by atoms with Crippen molar-refractivity contribution >= 4 is 6.09 Å². The van der Waals surface area contributed by atoms with Crippen molar-refractivity contribution in [1.82, 2.24) is 5.32 Å². The minimum atomic E-state index is -0.632. The van der Waals surface area contributed by atoms with Gasteiger partial charge in [-0.3, -0.25) is 0 Å². The number of hydrogen-bond acceptors (Lipinski definition) is 4. The molecule has 1 fully saturated rings. The summed E-state index contributed by atoms with van der Waals surface area (Å²) in [6.07, 6.45) is 2.27. The van der Waals surface area contributed by atoms with E-state index in [0.29, 0.717) is 0 Å². The largest absolute Gasteiger partial charge is 0.444 e. The zero-order valence-corrected chi connectivity index (χ0v) is 11.5. The molecule has 1 rings (SSSR count). The fourth-order valence-corrected chi connectivity index (χ4v) is 2.27. The summed E-state index contributed by atoms with van der Waals surface area (Å²) in [5, 5.41) is 21.3. The number of carbonyl (C=O) groups excluding carboxylic acids is 1. The summed E-state index contributed by atoms with van der Waals surface area (Å²) in [5.74, 6) is 0.145. The Bertz CT molecular complexity index is 267. The van der Waals surface area contributed by atoms with Crippen molar-refractivity contribution in [2.75, 3.05) is 6.61 Å². The first-order valence-electron chi connectivity index (χ1n) is 6.60. The third-order valence-electron chi connectivity index (χ3n) is 3.22. The van der Waals surface area contributed by atoms with Crippen molar-refractivity contribution in [3.05, 3.63) is 0 Å². The van der Waals surface area contributed by atoms with Gasteiger partial charge in [0.25, 0.3) is 0 Å². The molecular formula is C13H25NO4. The number of nitrogens with one attached hydrogen (secondary N) is 1. The Kier molecular flexibility index (Phi) is 5.41. The second kappa shape index (κ2) is 6.38. The second-order valence-corrected chi connectivity index (χ2v) is 6.01. The summed E-state index contributed by atoms with van der Waals surface area (Å²) in [6.45, 7) is 5.32. The Morgan fingerprint density at radius 1 is 1.33 bits per heavy atom. The lowest BCUT2D eigenvalue weighted by Gasteiger charge is -2.31. The predicted molar refractivity (Wildman–Crippen MR) is 68.2 cm³/mol. The Morgan fingerprint density at radius 2 is 1.89 bits per heavy atom. The van der Waals surface area contributed by atoms with Crippen LogP contribution in [0.3, 0.4) is 0 Å². The smallest absolute Gasteiger partial charge is 0.407 e. The molecule has 0 heterocycles. The summed E-state index contributed by atoms with van der Waals surface area (Å²) in [4.78, 5) is 11.6. The maximum Gasteiger partial charge on any atom is 0.407 e. The number of rotatable bonds is 3. The Balaban J connectivity index is 2.29. The molecule has 5 heteroatoms. The van der Waals surface area contributed by atoms with E-state index in [9.17, 15) is 9.90 Å². The lowest BCUT2D eigenvalue weighted by atomic mass is 9.83. The molecule has 0 unspecified atom stereocenters. The minimum absolute atomic E-state index is 0.113. The van der Waals surface area contributed by atoms with Crippen molar-refractivity contribution in [1.29, 1.82) is 0 Å². The van der Waals surface area contributed by atoms with E-state index >= 15 is 0 Å². The first-order valence-corrected chi connectivity index (χ1v) is 6.60. The van der Waals surface area contributed by atoms with Crippen molar-refractivity contribution < 1.29 is 19.7 Å². The van der Waals surface area contributed by atoms with Crippen molar-refractivity contribution in [2.24, 2.45) is 5.92 Å². The van der Waals surface area contributed by atoms with Crippen molar-refractivity contribution in [3.8, 4) is 0 Å². The monoisotopic (exact) mass is 259 g/mol. The van der Waals surface area contributed by atoms with Crippen LogP contribution in [0.5, 0.6) is 0 Å². The Hall–Kier alpha value is -0.810. The van der Waals surface area contributed by atoms with Gasteiger partial charge >= 0.3 is 6.09 Å². The third-order valence-corrected chi connectivity index (χ3v) is 3.22. The molecule has 0 aliphatic heterocycles. The van der Waals surface area contributed by atoms with Crippen LogP contribution in [0.4, 0.5) is 4.79 Å². The topological polar surface area (TPSA) is 78.8 Å². The quantitative estimate of drug-likeness (QED) is 0.716. The van der Waals surface area contributed by atoms with E-state index < -0.39 is 11.7 Å². The lowest BCUT2D eigenvalue weighted by Crippen LogP contribution is -2.42. The number of hydrogen-bond donors (Lipinski definition) is 3. The SMILES string of the molecule is CC(C)(C)OC(=O)N[C@H]1CC[C@H]([C@@H](O)CO)CC1. The molecule has 0 aromatic heterocycles. The molecule has 0 radical (unpaired) electrons. The number of amides is 1. The standard InChI is InChI=1S/C13H25NO4/c1-13(2,3)18-12(17)14-10-6-4-9(5-7-10)11(16)8-15/h9-11,15-16H,4-8H2,1-3H3,(H,14,17)/t9-,10-,11-/m0/s1. The predicted octanol–water partition coefficient (Wildman–Crippen LogP) is 1.42. The minimum Gasteiger partial charge on any atom is -0.444 e. The van der Waals surface area contributed by atoms with E-state index in [0.717, 1.165) is 25.7 Å². The van der Waals surface area contributed by atoms with Gasteiger partial charge in [-0.05, 0) is 52.4 Å². The number of alkyl carbamates (subject to hydrolysis) is 1. The second-order valence-electron chi connectivity index (χ2n) is 6.01. The highest BCUT2D eigenvalue weighted by atomic mass is 16.6. The summed E-state index contributed by atoms with van der Waals surface area (Å²) in [5.41, 5.74) is -0.478. The summed E-state index contributed by atoms with van der Waals surface area (Å²) in [7, 11) is 0. The van der Waals surface area contributed by atoms with Crippen molar-refractivity contribution in [2.45, 2.75) is 64.2 Å². The molecule has 5 nitrogen and oxygen atoms in total. The molecule has 1 saturated carbocycles. The van der Waals surface area contributed by atoms with Crippen LogP contribution in [0.1, 0.15) is 46.5 Å². The van der Waals surface area contributed by atoms with Crippen LogP contribution in [0.25, 0.3) is 0 Å². The molecule has 18 heavy (non-hydrogen) atoms. The number of aliphatic hydroxyl groups excluding tert-OH is 2. The van der Waals surface area contributed by atoms with Gasteiger partial charge in [0.2, 0.25) is 0 Å². The highest BCUT2D eigenvalue weighted by molar-refractivity contribution is 5.68. The van der Waals surface area contributed by atoms with Crippen LogP contribution < -0.4 is 5.32 Å². The van der Waals surface area contributed by atoms with Gasteiger partial charge in [0.1, 0.15) is 5.60 Å². The highest BCUT2D eigenvalue weighted by Gasteiger charge is 2.27. The van der Waals surface area contributed by atoms with E-state index in [1.54, 1.807) is 0 Å². The zero-order chi connectivity index (χ0) is 13.8. The first kappa shape index (κ1) is 15.2. The van der Waals surface area contributed by atoms with Gasteiger partial charge < -0.3 is 20.3 Å². The summed E-state index contributed by atoms with van der Waals surface area (Å²) >= 11 is 0. The van der Waals surface area contributed by atoms with E-state index in [4.69, 9.17) is 9.84 Å². The molecular weight excluding hydrogens is 234 g/mol. The first-order chi connectivity index (χ1) is 8.31. The van der Waals surface area contributed by atoms with Gasteiger partial charge in [0, 0.05) is 6.04 Å². The van der Waals surface area contributed by atoms with Crippen LogP contribution in [-0.2, 0) is 4.74 Å². The van der Waals surface area contributed by atoms with Crippen LogP contribution in [0.15, 0.2) is 0 Å². The van der Waals surface area contributed by atoms with Gasteiger partial charge in [0.15, 0.2) is 0 Å². The summed E-state index contributed by atoms with van der Waals surface area (Å²) in [6, 6.07) is 0.113. The molecule has 1 atom stereocenters. The fourth-order valence-electron chi connectivity index (χ4n) is 2.27. The highest BCUT2D eigenvalue weighted by Crippen LogP contribution is 2.27. The van der Waals surface area contributed by atoms with E-state index in [-0.39, 0.29) is 24.7 Å². The average Bonchev–Trinajstić information content (AvgIpc) is 2.26. The normalized spacial score (nSPS) is 26.5. The van der Waals surface area contributed by atoms with Crippen LogP contribution in [-0.4, -0.2) is 40.7 Å². The van der Waals surface area contributed by atoms with Crippen LogP contribution in [0, 0.1) is 5.92 Å².